The molecule has 0 amide bonds. The van der Waals surface area contributed by atoms with E-state index >= 15 is 0 Å². The molecular formula is C19H17FN2O. The molecule has 1 N–H and O–H groups in total. The fourth-order valence-corrected chi connectivity index (χ4v) is 3.12. The number of aliphatic imine (C=N–C) groups is 1. The molecule has 4 heteroatoms. The Morgan fingerprint density at radius 2 is 2.00 bits per heavy atom. The summed E-state index contributed by atoms with van der Waals surface area (Å²) >= 11 is 0. The first-order valence-electron chi connectivity index (χ1n) is 7.84. The lowest BCUT2D eigenvalue weighted by Gasteiger charge is -2.11. The Morgan fingerprint density at radius 3 is 2.87 bits per heavy atom. The van der Waals surface area contributed by atoms with Gasteiger partial charge in [-0.3, -0.25) is 4.99 Å². The van der Waals surface area contributed by atoms with Crippen LogP contribution < -0.4 is 5.32 Å². The molecule has 2 aromatic carbocycles. The molecule has 0 aliphatic carbocycles. The first-order valence-corrected chi connectivity index (χ1v) is 7.84. The third-order valence-electron chi connectivity index (χ3n) is 4.25. The molecule has 0 spiro atoms. The standard InChI is InChI=1S/C19H17FN2O/c20-17-6-2-5-16(19-21-10-11-22-19)15(17)8-7-13-3-1-4-14-9-12-23-18(13)14/h1-6,9,12H,7-8,10-11H2,(H,21,22). The Balaban J connectivity index is 1.65. The van der Waals surface area contributed by atoms with E-state index in [1.165, 1.54) is 6.07 Å². The van der Waals surface area contributed by atoms with Crippen LogP contribution in [0.4, 0.5) is 4.39 Å². The number of hydrogen-bond acceptors (Lipinski definition) is 3. The zero-order valence-corrected chi connectivity index (χ0v) is 12.7. The molecule has 116 valence electrons. The Kier molecular flexibility index (Phi) is 3.58. The summed E-state index contributed by atoms with van der Waals surface area (Å²) in [6.45, 7) is 1.56. The third-order valence-corrected chi connectivity index (χ3v) is 4.25. The van der Waals surface area contributed by atoms with Crippen molar-refractivity contribution in [2.45, 2.75) is 12.8 Å². The van der Waals surface area contributed by atoms with Gasteiger partial charge in [-0.25, -0.2) is 4.39 Å². The Labute approximate surface area is 133 Å². The van der Waals surface area contributed by atoms with Crippen molar-refractivity contribution >= 4 is 16.8 Å². The van der Waals surface area contributed by atoms with E-state index in [4.69, 9.17) is 4.42 Å². The average Bonchev–Trinajstić information content (AvgIpc) is 3.25. The van der Waals surface area contributed by atoms with Gasteiger partial charge in [0.1, 0.15) is 17.2 Å². The number of para-hydroxylation sites is 1. The van der Waals surface area contributed by atoms with Crippen LogP contribution in [0.15, 0.2) is 58.1 Å². The molecule has 3 aromatic rings. The minimum Gasteiger partial charge on any atom is -0.464 e. The van der Waals surface area contributed by atoms with Crippen LogP contribution in [0.25, 0.3) is 11.0 Å². The Bertz CT molecular complexity index is 882. The second kappa shape index (κ2) is 5.88. The summed E-state index contributed by atoms with van der Waals surface area (Å²) in [5.41, 5.74) is 3.57. The zero-order valence-electron chi connectivity index (χ0n) is 12.7. The van der Waals surface area contributed by atoms with Crippen molar-refractivity contribution in [3.8, 4) is 0 Å². The maximum absolute atomic E-state index is 14.4. The number of hydrogen-bond donors (Lipinski definition) is 1. The van der Waals surface area contributed by atoms with E-state index in [0.29, 0.717) is 12.0 Å². The molecule has 4 rings (SSSR count). The molecule has 1 aliphatic heterocycles. The first kappa shape index (κ1) is 14.0. The predicted octanol–water partition coefficient (Wildman–Crippen LogP) is 3.71. The highest BCUT2D eigenvalue weighted by Gasteiger charge is 2.16. The molecule has 0 saturated carbocycles. The van der Waals surface area contributed by atoms with Gasteiger partial charge in [0.2, 0.25) is 0 Å². The van der Waals surface area contributed by atoms with E-state index in [1.54, 1.807) is 12.3 Å². The van der Waals surface area contributed by atoms with Crippen molar-refractivity contribution in [1.29, 1.82) is 0 Å². The number of nitrogens with zero attached hydrogens (tertiary/aromatic N) is 1. The van der Waals surface area contributed by atoms with Crippen molar-refractivity contribution < 1.29 is 8.81 Å². The summed E-state index contributed by atoms with van der Waals surface area (Å²) in [5, 5.41) is 4.31. The monoisotopic (exact) mass is 308 g/mol. The molecule has 0 fully saturated rings. The highest BCUT2D eigenvalue weighted by molar-refractivity contribution is 6.01. The fourth-order valence-electron chi connectivity index (χ4n) is 3.12. The van der Waals surface area contributed by atoms with E-state index in [1.807, 2.05) is 30.3 Å². The smallest absolute Gasteiger partial charge is 0.137 e. The van der Waals surface area contributed by atoms with Crippen molar-refractivity contribution in [1.82, 2.24) is 5.32 Å². The lowest BCUT2D eigenvalue weighted by Crippen LogP contribution is -2.21. The van der Waals surface area contributed by atoms with Crippen LogP contribution in [0.5, 0.6) is 0 Å². The van der Waals surface area contributed by atoms with E-state index in [-0.39, 0.29) is 5.82 Å². The second-order valence-electron chi connectivity index (χ2n) is 5.68. The number of benzene rings is 2. The maximum Gasteiger partial charge on any atom is 0.137 e. The van der Waals surface area contributed by atoms with Crippen LogP contribution >= 0.6 is 0 Å². The number of fused-ring (bicyclic) bond motifs is 1. The van der Waals surface area contributed by atoms with Crippen molar-refractivity contribution in [3.05, 3.63) is 71.2 Å². The number of nitrogens with one attached hydrogen (secondary N) is 1. The predicted molar refractivity (Wildman–Crippen MR) is 89.4 cm³/mol. The summed E-state index contributed by atoms with van der Waals surface area (Å²) in [6, 6.07) is 13.2. The summed E-state index contributed by atoms with van der Waals surface area (Å²) in [5.74, 6) is 0.626. The van der Waals surface area contributed by atoms with Crippen LogP contribution in [-0.4, -0.2) is 18.9 Å². The average molecular weight is 308 g/mol. The largest absolute Gasteiger partial charge is 0.464 e. The summed E-state index contributed by atoms with van der Waals surface area (Å²) < 4.78 is 19.9. The highest BCUT2D eigenvalue weighted by Crippen LogP contribution is 2.23. The second-order valence-corrected chi connectivity index (χ2v) is 5.68. The fraction of sp³-hybridized carbons (Fsp3) is 0.211. The van der Waals surface area contributed by atoms with E-state index in [9.17, 15) is 4.39 Å². The van der Waals surface area contributed by atoms with Crippen LogP contribution in [0.2, 0.25) is 0 Å². The van der Waals surface area contributed by atoms with Gasteiger partial charge in [0, 0.05) is 17.5 Å². The molecule has 0 atom stereocenters. The quantitative estimate of drug-likeness (QED) is 0.798. The molecule has 1 aliphatic rings. The summed E-state index contributed by atoms with van der Waals surface area (Å²) in [4.78, 5) is 4.42. The SMILES string of the molecule is Fc1cccc(C2=NCCN2)c1CCc1cccc2ccoc12. The number of aryl methyl sites for hydroxylation is 1. The number of rotatable bonds is 4. The molecule has 0 saturated heterocycles. The number of furan rings is 1. The molecule has 1 aromatic heterocycles. The molecule has 0 unspecified atom stereocenters. The topological polar surface area (TPSA) is 37.5 Å². The van der Waals surface area contributed by atoms with Gasteiger partial charge in [0.25, 0.3) is 0 Å². The van der Waals surface area contributed by atoms with Crippen LogP contribution in [-0.2, 0) is 12.8 Å². The van der Waals surface area contributed by atoms with Gasteiger partial charge < -0.3 is 9.73 Å². The van der Waals surface area contributed by atoms with Gasteiger partial charge >= 0.3 is 0 Å². The highest BCUT2D eigenvalue weighted by atomic mass is 19.1. The van der Waals surface area contributed by atoms with E-state index in [2.05, 4.69) is 10.3 Å². The zero-order chi connectivity index (χ0) is 15.6. The van der Waals surface area contributed by atoms with Crippen LogP contribution in [0.1, 0.15) is 16.7 Å². The minimum absolute atomic E-state index is 0.175. The molecule has 0 bridgehead atoms. The maximum atomic E-state index is 14.4. The van der Waals surface area contributed by atoms with Crippen molar-refractivity contribution in [2.24, 2.45) is 4.99 Å². The summed E-state index contributed by atoms with van der Waals surface area (Å²) in [7, 11) is 0. The normalized spacial score (nSPS) is 14.0. The molecular weight excluding hydrogens is 291 g/mol. The van der Waals surface area contributed by atoms with Crippen molar-refractivity contribution in [3.63, 3.8) is 0 Å². The lowest BCUT2D eigenvalue weighted by molar-refractivity contribution is 0.601. The molecule has 0 radical (unpaired) electrons. The Morgan fingerprint density at radius 1 is 1.09 bits per heavy atom. The minimum atomic E-state index is -0.175. The third kappa shape index (κ3) is 2.61. The molecule has 2 heterocycles. The van der Waals surface area contributed by atoms with Gasteiger partial charge in [-0.1, -0.05) is 30.3 Å². The van der Waals surface area contributed by atoms with Crippen molar-refractivity contribution in [2.75, 3.05) is 13.1 Å². The summed E-state index contributed by atoms with van der Waals surface area (Å²) in [6.07, 6.45) is 3.04. The molecule has 23 heavy (non-hydrogen) atoms. The van der Waals surface area contributed by atoms with Crippen LogP contribution in [0, 0.1) is 5.82 Å². The van der Waals surface area contributed by atoms with Gasteiger partial charge in [-0.05, 0) is 36.1 Å². The van der Waals surface area contributed by atoms with Gasteiger partial charge in [0.15, 0.2) is 0 Å². The van der Waals surface area contributed by atoms with E-state index in [0.717, 1.165) is 47.4 Å². The van der Waals surface area contributed by atoms with Gasteiger partial charge in [-0.2, -0.15) is 0 Å². The van der Waals surface area contributed by atoms with Gasteiger partial charge in [-0.15, -0.1) is 0 Å². The first-order chi connectivity index (χ1) is 11.3. The van der Waals surface area contributed by atoms with Gasteiger partial charge in [0.05, 0.1) is 12.8 Å². The number of amidine groups is 1. The van der Waals surface area contributed by atoms with Crippen LogP contribution in [0.3, 0.4) is 0 Å². The Hall–Kier alpha value is -2.62. The lowest BCUT2D eigenvalue weighted by atomic mass is 9.98. The van der Waals surface area contributed by atoms with E-state index < -0.39 is 0 Å². The molecule has 3 nitrogen and oxygen atoms in total. The number of halogens is 1.